The number of anilines is 1. The second-order valence-electron chi connectivity index (χ2n) is 4.87. The first-order valence-electron chi connectivity index (χ1n) is 6.81. The molecule has 0 radical (unpaired) electrons. The quantitative estimate of drug-likeness (QED) is 0.541. The topological polar surface area (TPSA) is 44.6 Å². The summed E-state index contributed by atoms with van der Waals surface area (Å²) in [7, 11) is 0. The Labute approximate surface area is 123 Å². The van der Waals surface area contributed by atoms with E-state index in [-0.39, 0.29) is 5.75 Å². The maximum atomic E-state index is 10.0. The molecule has 0 unspecified atom stereocenters. The number of phenols is 1. The lowest BCUT2D eigenvalue weighted by atomic mass is 10.1. The summed E-state index contributed by atoms with van der Waals surface area (Å²) in [6.07, 6.45) is 1.61. The van der Waals surface area contributed by atoms with E-state index in [2.05, 4.69) is 10.3 Å². The van der Waals surface area contributed by atoms with Gasteiger partial charge in [0.25, 0.3) is 0 Å². The van der Waals surface area contributed by atoms with Crippen LogP contribution in [0.15, 0.2) is 65.7 Å². The fourth-order valence-electron chi connectivity index (χ4n) is 2.28. The SMILES string of the molecule is Cc1ccccc1NC=Nc1c(O)ccc2ccccc12. The van der Waals surface area contributed by atoms with Crippen molar-refractivity contribution in [3.05, 3.63) is 66.2 Å². The van der Waals surface area contributed by atoms with Crippen LogP contribution in [0.1, 0.15) is 5.56 Å². The first-order valence-corrected chi connectivity index (χ1v) is 6.81. The zero-order valence-electron chi connectivity index (χ0n) is 11.7. The Morgan fingerprint density at radius 3 is 2.57 bits per heavy atom. The second-order valence-corrected chi connectivity index (χ2v) is 4.87. The van der Waals surface area contributed by atoms with Gasteiger partial charge in [-0.3, -0.25) is 0 Å². The van der Waals surface area contributed by atoms with Crippen molar-refractivity contribution < 1.29 is 5.11 Å². The molecule has 2 N–H and O–H groups in total. The van der Waals surface area contributed by atoms with E-state index in [1.165, 1.54) is 0 Å². The summed E-state index contributed by atoms with van der Waals surface area (Å²) >= 11 is 0. The summed E-state index contributed by atoms with van der Waals surface area (Å²) in [6.45, 7) is 2.03. The van der Waals surface area contributed by atoms with Crippen LogP contribution in [0.4, 0.5) is 11.4 Å². The number of nitrogens with one attached hydrogen (secondary N) is 1. The predicted octanol–water partition coefficient (Wildman–Crippen LogP) is 4.63. The molecule has 0 aliphatic rings. The molecule has 0 aliphatic carbocycles. The molecule has 0 aromatic heterocycles. The Morgan fingerprint density at radius 1 is 0.952 bits per heavy atom. The number of nitrogens with zero attached hydrogens (tertiary/aromatic N) is 1. The van der Waals surface area contributed by atoms with Gasteiger partial charge < -0.3 is 10.4 Å². The summed E-state index contributed by atoms with van der Waals surface area (Å²) in [5.74, 6) is 0.177. The molecular formula is C18H16N2O. The monoisotopic (exact) mass is 276 g/mol. The molecule has 0 spiro atoms. The van der Waals surface area contributed by atoms with E-state index < -0.39 is 0 Å². The maximum Gasteiger partial charge on any atom is 0.141 e. The van der Waals surface area contributed by atoms with Crippen molar-refractivity contribution in [3.8, 4) is 5.75 Å². The average molecular weight is 276 g/mol. The highest BCUT2D eigenvalue weighted by Gasteiger charge is 2.04. The third kappa shape index (κ3) is 2.72. The molecule has 0 fully saturated rings. The molecule has 0 saturated carbocycles. The van der Waals surface area contributed by atoms with Gasteiger partial charge >= 0.3 is 0 Å². The number of phenolic OH excluding ortho intramolecular Hbond substituents is 1. The molecule has 0 saturated heterocycles. The maximum absolute atomic E-state index is 10.0. The predicted molar refractivity (Wildman–Crippen MR) is 88.6 cm³/mol. The van der Waals surface area contributed by atoms with Crippen molar-refractivity contribution in [1.82, 2.24) is 0 Å². The number of aliphatic imine (C=N–C) groups is 1. The first-order chi connectivity index (χ1) is 10.3. The van der Waals surface area contributed by atoms with E-state index in [1.807, 2.05) is 61.5 Å². The minimum absolute atomic E-state index is 0.177. The molecule has 0 heterocycles. The van der Waals surface area contributed by atoms with Crippen LogP contribution in [0, 0.1) is 6.92 Å². The largest absolute Gasteiger partial charge is 0.506 e. The highest BCUT2D eigenvalue weighted by atomic mass is 16.3. The summed E-state index contributed by atoms with van der Waals surface area (Å²) in [5.41, 5.74) is 2.72. The van der Waals surface area contributed by atoms with Crippen LogP contribution in [0.3, 0.4) is 0 Å². The van der Waals surface area contributed by atoms with E-state index in [0.29, 0.717) is 5.69 Å². The summed E-state index contributed by atoms with van der Waals surface area (Å²) in [4.78, 5) is 4.38. The summed E-state index contributed by atoms with van der Waals surface area (Å²) in [5, 5.41) is 15.2. The average Bonchev–Trinajstić information content (AvgIpc) is 2.51. The Hall–Kier alpha value is -2.81. The van der Waals surface area contributed by atoms with Crippen molar-refractivity contribution in [2.45, 2.75) is 6.92 Å². The Kier molecular flexibility index (Phi) is 3.56. The molecule has 0 atom stereocenters. The number of fused-ring (bicyclic) bond motifs is 1. The van der Waals surface area contributed by atoms with Gasteiger partial charge in [-0.15, -0.1) is 0 Å². The van der Waals surface area contributed by atoms with Gasteiger partial charge in [-0.25, -0.2) is 4.99 Å². The fourth-order valence-corrected chi connectivity index (χ4v) is 2.28. The van der Waals surface area contributed by atoms with E-state index in [1.54, 1.807) is 12.4 Å². The molecule has 3 aromatic rings. The Morgan fingerprint density at radius 2 is 1.71 bits per heavy atom. The van der Waals surface area contributed by atoms with E-state index in [4.69, 9.17) is 0 Å². The van der Waals surface area contributed by atoms with Gasteiger partial charge in [0, 0.05) is 11.1 Å². The summed E-state index contributed by atoms with van der Waals surface area (Å²) < 4.78 is 0. The van der Waals surface area contributed by atoms with Crippen molar-refractivity contribution in [1.29, 1.82) is 0 Å². The first kappa shape index (κ1) is 13.2. The lowest BCUT2D eigenvalue weighted by molar-refractivity contribution is 0.477. The van der Waals surface area contributed by atoms with E-state index >= 15 is 0 Å². The lowest BCUT2D eigenvalue weighted by Crippen LogP contribution is -1.96. The van der Waals surface area contributed by atoms with Crippen LogP contribution in [-0.2, 0) is 0 Å². The van der Waals surface area contributed by atoms with Gasteiger partial charge in [0.2, 0.25) is 0 Å². The highest BCUT2D eigenvalue weighted by Crippen LogP contribution is 2.34. The standard InChI is InChI=1S/C18H16N2O/c1-13-6-2-5-9-16(13)19-12-20-18-15-8-4-3-7-14(15)10-11-17(18)21/h2-12,21H,1H3,(H,19,20). The van der Waals surface area contributed by atoms with Crippen molar-refractivity contribution >= 4 is 28.5 Å². The zero-order valence-corrected chi connectivity index (χ0v) is 11.7. The number of hydrogen-bond donors (Lipinski definition) is 2. The number of aryl methyl sites for hydroxylation is 1. The number of hydrogen-bond acceptors (Lipinski definition) is 2. The van der Waals surface area contributed by atoms with Gasteiger partial charge in [-0.1, -0.05) is 48.5 Å². The van der Waals surface area contributed by atoms with Crippen LogP contribution in [-0.4, -0.2) is 11.4 Å². The van der Waals surface area contributed by atoms with Crippen LogP contribution >= 0.6 is 0 Å². The second kappa shape index (κ2) is 5.67. The molecule has 104 valence electrons. The van der Waals surface area contributed by atoms with Crippen molar-refractivity contribution in [3.63, 3.8) is 0 Å². The number of aromatic hydroxyl groups is 1. The third-order valence-corrected chi connectivity index (χ3v) is 3.44. The van der Waals surface area contributed by atoms with Crippen molar-refractivity contribution in [2.24, 2.45) is 4.99 Å². The molecule has 3 rings (SSSR count). The minimum atomic E-state index is 0.177. The smallest absolute Gasteiger partial charge is 0.141 e. The van der Waals surface area contributed by atoms with E-state index in [0.717, 1.165) is 22.0 Å². The molecule has 0 bridgehead atoms. The van der Waals surface area contributed by atoms with Crippen LogP contribution in [0.2, 0.25) is 0 Å². The van der Waals surface area contributed by atoms with Crippen molar-refractivity contribution in [2.75, 3.05) is 5.32 Å². The van der Waals surface area contributed by atoms with Gasteiger partial charge in [-0.05, 0) is 30.0 Å². The van der Waals surface area contributed by atoms with Gasteiger partial charge in [0.1, 0.15) is 11.4 Å². The highest BCUT2D eigenvalue weighted by molar-refractivity contribution is 5.97. The minimum Gasteiger partial charge on any atom is -0.506 e. The van der Waals surface area contributed by atoms with Crippen LogP contribution < -0.4 is 5.32 Å². The van der Waals surface area contributed by atoms with Gasteiger partial charge in [0.05, 0.1) is 6.34 Å². The zero-order chi connectivity index (χ0) is 14.7. The number of rotatable bonds is 3. The van der Waals surface area contributed by atoms with Gasteiger partial charge in [0.15, 0.2) is 0 Å². The molecule has 0 aliphatic heterocycles. The van der Waals surface area contributed by atoms with Crippen LogP contribution in [0.25, 0.3) is 10.8 Å². The number of para-hydroxylation sites is 1. The van der Waals surface area contributed by atoms with Crippen LogP contribution in [0.5, 0.6) is 5.75 Å². The number of benzene rings is 3. The normalized spacial score (nSPS) is 11.1. The van der Waals surface area contributed by atoms with Gasteiger partial charge in [-0.2, -0.15) is 0 Å². The molecule has 3 aromatic carbocycles. The molecule has 21 heavy (non-hydrogen) atoms. The molecular weight excluding hydrogens is 260 g/mol. The molecule has 3 nitrogen and oxygen atoms in total. The summed E-state index contributed by atoms with van der Waals surface area (Å²) in [6, 6.07) is 19.4. The Balaban J connectivity index is 1.93. The van der Waals surface area contributed by atoms with E-state index in [9.17, 15) is 5.11 Å². The third-order valence-electron chi connectivity index (χ3n) is 3.44. The fraction of sp³-hybridized carbons (Fsp3) is 0.0556. The molecule has 0 amide bonds. The Bertz CT molecular complexity index is 809. The lowest BCUT2D eigenvalue weighted by Gasteiger charge is -2.06. The molecule has 3 heteroatoms.